The first-order valence-electron chi connectivity index (χ1n) is 26.9. The largest absolute Gasteiger partial charge is 0.351 e. The zero-order chi connectivity index (χ0) is 43.5. The van der Waals surface area contributed by atoms with Crippen LogP contribution in [0.1, 0.15) is 231 Å². The molecule has 0 aromatic rings. The third kappa shape index (κ3) is 16.7. The number of rotatable bonds is 18. The van der Waals surface area contributed by atoms with Crippen LogP contribution in [0.4, 0.5) is 4.79 Å². The third-order valence-electron chi connectivity index (χ3n) is 16.8. The summed E-state index contributed by atoms with van der Waals surface area (Å²) in [5.41, 5.74) is 0. The van der Waals surface area contributed by atoms with Gasteiger partial charge >= 0.3 is 0 Å². The number of hydrogen-bond acceptors (Lipinski definition) is 9. The fourth-order valence-corrected chi connectivity index (χ4v) is 21.1. The van der Waals surface area contributed by atoms with Crippen molar-refractivity contribution in [1.82, 2.24) is 14.7 Å². The summed E-state index contributed by atoms with van der Waals surface area (Å²) < 4.78 is 2.40. The lowest BCUT2D eigenvalue weighted by Gasteiger charge is -2.43. The van der Waals surface area contributed by atoms with E-state index in [0.29, 0.717) is 41.5 Å². The van der Waals surface area contributed by atoms with Gasteiger partial charge in [0, 0.05) is 64.3 Å². The molecule has 7 rings (SSSR count). The molecule has 12 heteroatoms. The molecule has 3 unspecified atom stereocenters. The van der Waals surface area contributed by atoms with Gasteiger partial charge in [-0.05, 0) is 148 Å². The van der Waals surface area contributed by atoms with E-state index in [9.17, 15) is 4.79 Å². The minimum Gasteiger partial charge on any atom is -0.351 e. The van der Waals surface area contributed by atoms with Gasteiger partial charge in [-0.3, -0.25) is 4.79 Å². The molecule has 0 spiro atoms. The van der Waals surface area contributed by atoms with E-state index in [1.807, 2.05) is 32.4 Å². The van der Waals surface area contributed by atoms with Gasteiger partial charge < -0.3 is 14.7 Å². The second-order valence-corrected chi connectivity index (χ2v) is 29.5. The quantitative estimate of drug-likeness (QED) is 0.0746. The summed E-state index contributed by atoms with van der Waals surface area (Å²) in [5.74, 6) is 5.95. The predicted octanol–water partition coefficient (Wildman–Crippen LogP) is 17.9. The van der Waals surface area contributed by atoms with Crippen molar-refractivity contribution in [3.8, 4) is 0 Å². The van der Waals surface area contributed by atoms with Gasteiger partial charge in [0.15, 0.2) is 0 Å². The van der Waals surface area contributed by atoms with Crippen LogP contribution < -0.4 is 0 Å². The fourth-order valence-electron chi connectivity index (χ4n) is 13.4. The molecule has 0 aliphatic heterocycles. The van der Waals surface area contributed by atoms with Crippen molar-refractivity contribution in [1.29, 1.82) is 0 Å². The van der Waals surface area contributed by atoms with Crippen LogP contribution in [0.25, 0.3) is 0 Å². The van der Waals surface area contributed by atoms with Crippen molar-refractivity contribution in [2.75, 3.05) is 17.3 Å². The molecule has 3 atom stereocenters. The highest BCUT2D eigenvalue weighted by Gasteiger charge is 2.36. The number of carbonyl (C=O) groups excluding carboxylic acids is 1. The molecule has 0 radical (unpaired) electrons. The van der Waals surface area contributed by atoms with E-state index in [0.717, 1.165) is 23.5 Å². The van der Waals surface area contributed by atoms with E-state index in [1.165, 1.54) is 251 Å². The van der Waals surface area contributed by atoms with Gasteiger partial charge in [0.2, 0.25) is 0 Å². The van der Waals surface area contributed by atoms with Gasteiger partial charge in [0.25, 0.3) is 5.24 Å². The Kier molecular flexibility index (Phi) is 24.4. The smallest absolute Gasteiger partial charge is 0.292 e. The van der Waals surface area contributed by atoms with E-state index < -0.39 is 0 Å². The predicted molar refractivity (Wildman–Crippen MR) is 296 cm³/mol. The average molecular weight is 1010 g/mol. The summed E-state index contributed by atoms with van der Waals surface area (Å²) >= 11 is 12.6. The molecule has 0 heterocycles. The van der Waals surface area contributed by atoms with E-state index in [2.05, 4.69) is 36.3 Å². The molecule has 0 bridgehead atoms. The summed E-state index contributed by atoms with van der Waals surface area (Å²) in [6.07, 6.45) is 48.3. The number of hydrogen-bond donors (Lipinski definition) is 0. The minimum atomic E-state index is 0.383. The maximum atomic E-state index is 13.9. The molecule has 0 aromatic heterocycles. The minimum absolute atomic E-state index is 0.383. The van der Waals surface area contributed by atoms with Crippen LogP contribution in [-0.4, -0.2) is 82.1 Å². The number of carbonyl (C=O) groups is 1. The van der Waals surface area contributed by atoms with Crippen molar-refractivity contribution >= 4 is 103 Å². The molecular formula is C51H87N3OS8. The normalized spacial score (nSPS) is 27.0. The van der Waals surface area contributed by atoms with Crippen molar-refractivity contribution in [3.63, 3.8) is 0 Å². The van der Waals surface area contributed by atoms with Crippen LogP contribution in [0.5, 0.6) is 0 Å². The maximum absolute atomic E-state index is 13.9. The van der Waals surface area contributed by atoms with Crippen molar-refractivity contribution < 1.29 is 4.79 Å². The lowest BCUT2D eigenvalue weighted by Crippen LogP contribution is -2.47. The Morgan fingerprint density at radius 1 is 0.365 bits per heavy atom. The first-order valence-corrected chi connectivity index (χ1v) is 34.7. The van der Waals surface area contributed by atoms with Crippen LogP contribution in [0.15, 0.2) is 0 Å². The molecule has 7 fully saturated rings. The Morgan fingerprint density at radius 2 is 0.683 bits per heavy atom. The SMILES string of the molecule is O=C(SSCCC1CCC(CCSSC(=S)N(C2CCCCC2)C2CCCCC2)C(CCSSC(=S)N(C2CCCCC2)C2CCCCC2)C1)N(C1CCCCC1)C1CCCCC1. The first-order chi connectivity index (χ1) is 31.0. The standard InChI is InChI=1S/C51H87N3OS8/c55-49(52(43-19-7-1-8-20-43)44-21-9-2-10-22-44)61-58-36-33-40-31-32-41(34-37-59-62-50(56)53(45-23-11-3-12-24-45)46-25-13-4-14-26-46)42(39-40)35-38-60-63-51(57)54(47-27-15-5-16-28-47)48-29-17-6-18-30-48/h40-48H,1-39H2. The van der Waals surface area contributed by atoms with Crippen molar-refractivity contribution in [2.45, 2.75) is 267 Å². The van der Waals surface area contributed by atoms with Gasteiger partial charge in [0.1, 0.15) is 8.64 Å². The van der Waals surface area contributed by atoms with Gasteiger partial charge in [-0.1, -0.05) is 179 Å². The van der Waals surface area contributed by atoms with Crippen molar-refractivity contribution in [2.24, 2.45) is 17.8 Å². The van der Waals surface area contributed by atoms with E-state index in [1.54, 1.807) is 10.8 Å². The Balaban J connectivity index is 0.903. The Morgan fingerprint density at radius 3 is 1.06 bits per heavy atom. The highest BCUT2D eigenvalue weighted by atomic mass is 33.1. The third-order valence-corrected chi connectivity index (χ3v) is 24.9. The number of thiocarbonyl (C=S) groups is 2. The van der Waals surface area contributed by atoms with E-state index >= 15 is 0 Å². The highest BCUT2D eigenvalue weighted by molar-refractivity contribution is 8.84. The van der Waals surface area contributed by atoms with Crippen LogP contribution in [0.3, 0.4) is 0 Å². The summed E-state index contributed by atoms with van der Waals surface area (Å²) in [6, 6.07) is 3.72. The van der Waals surface area contributed by atoms with E-state index in [-0.39, 0.29) is 0 Å². The van der Waals surface area contributed by atoms with Crippen LogP contribution >= 0.6 is 89.2 Å². The van der Waals surface area contributed by atoms with Crippen LogP contribution in [0.2, 0.25) is 0 Å². The Hall–Kier alpha value is 1.35. The van der Waals surface area contributed by atoms with Gasteiger partial charge in [-0.15, -0.1) is 0 Å². The zero-order valence-corrected chi connectivity index (χ0v) is 45.8. The summed E-state index contributed by atoms with van der Waals surface area (Å²) in [4.78, 5) is 21.9. The van der Waals surface area contributed by atoms with E-state index in [4.69, 9.17) is 24.4 Å². The second-order valence-electron chi connectivity index (χ2n) is 21.1. The molecule has 7 aliphatic rings. The number of nitrogens with zero attached hydrogens (tertiary/aromatic N) is 3. The van der Waals surface area contributed by atoms with Crippen LogP contribution in [-0.2, 0) is 0 Å². The summed E-state index contributed by atoms with van der Waals surface area (Å²) in [5, 5.41) is 0.383. The molecule has 63 heavy (non-hydrogen) atoms. The molecule has 0 N–H and O–H groups in total. The topological polar surface area (TPSA) is 26.8 Å². The Labute approximate surface area is 421 Å². The van der Waals surface area contributed by atoms with Gasteiger partial charge in [0.05, 0.1) is 0 Å². The molecule has 7 saturated carbocycles. The molecular weight excluding hydrogens is 927 g/mol. The van der Waals surface area contributed by atoms with Gasteiger partial charge in [-0.25, -0.2) is 0 Å². The lowest BCUT2D eigenvalue weighted by molar-refractivity contribution is 0.122. The number of amides is 1. The first kappa shape index (κ1) is 52.2. The lowest BCUT2D eigenvalue weighted by atomic mass is 9.71. The second kappa shape index (κ2) is 29.5. The molecule has 360 valence electrons. The zero-order valence-electron chi connectivity index (χ0n) is 39.3. The van der Waals surface area contributed by atoms with Gasteiger partial charge in [-0.2, -0.15) is 0 Å². The highest BCUT2D eigenvalue weighted by Crippen LogP contribution is 2.45. The average Bonchev–Trinajstić information content (AvgIpc) is 3.33. The molecule has 4 nitrogen and oxygen atoms in total. The monoisotopic (exact) mass is 1010 g/mol. The maximum Gasteiger partial charge on any atom is 0.292 e. The molecule has 0 aromatic carbocycles. The van der Waals surface area contributed by atoms with Crippen molar-refractivity contribution in [3.05, 3.63) is 0 Å². The molecule has 7 aliphatic carbocycles. The van der Waals surface area contributed by atoms with Crippen LogP contribution in [0, 0.1) is 17.8 Å². The fraction of sp³-hybridized carbons (Fsp3) is 0.941. The summed E-state index contributed by atoms with van der Waals surface area (Å²) in [7, 11) is 11.6. The molecule has 1 amide bonds. The Bertz CT molecular complexity index is 1270. The molecule has 0 saturated heterocycles. The summed E-state index contributed by atoms with van der Waals surface area (Å²) in [6.45, 7) is 0.